The average Bonchev–Trinajstić information content (AvgIpc) is 3.14. The second-order valence-corrected chi connectivity index (χ2v) is 10.1. The minimum absolute atomic E-state index is 0.0556. The first kappa shape index (κ1) is 23.8. The topological polar surface area (TPSA) is 147 Å². The molecule has 13 heteroatoms. The first-order valence-corrected chi connectivity index (χ1v) is 11.5. The summed E-state index contributed by atoms with van der Waals surface area (Å²) < 4.78 is 0.689. The number of carboxylic acids is 1. The van der Waals surface area contributed by atoms with Crippen molar-refractivity contribution in [3.05, 3.63) is 34.5 Å². The highest BCUT2D eigenvalue weighted by molar-refractivity contribution is 8.00. The molecule has 3 heterocycles. The number of carbonyl (C=O) groups excluding carboxylic acids is 2. The zero-order valence-electron chi connectivity index (χ0n) is 18.1. The molecule has 2 atom stereocenters. The number of anilines is 1. The van der Waals surface area contributed by atoms with Crippen LogP contribution in [0.15, 0.2) is 34.0 Å². The molecule has 0 radical (unpaired) electrons. The lowest BCUT2D eigenvalue weighted by Gasteiger charge is -2.49. The van der Waals surface area contributed by atoms with E-state index < -0.39 is 29.2 Å². The van der Waals surface area contributed by atoms with Gasteiger partial charge in [0.2, 0.25) is 0 Å². The molecular formula is C19H25N6O5S2+. The Hall–Kier alpha value is -2.90. The van der Waals surface area contributed by atoms with Crippen LogP contribution in [-0.2, 0) is 19.2 Å². The van der Waals surface area contributed by atoms with Gasteiger partial charge in [-0.3, -0.25) is 14.5 Å². The zero-order chi connectivity index (χ0) is 23.6. The van der Waals surface area contributed by atoms with Crippen molar-refractivity contribution in [1.82, 2.24) is 15.2 Å². The molecule has 172 valence electrons. The van der Waals surface area contributed by atoms with Gasteiger partial charge in [-0.2, -0.15) is 0 Å². The summed E-state index contributed by atoms with van der Waals surface area (Å²) in [4.78, 5) is 47.5. The first-order chi connectivity index (χ1) is 15.0. The number of likely N-dealkylation sites (N-methyl/N-ethyl adjacent to an activating group) is 1. The number of rotatable bonds is 8. The lowest BCUT2D eigenvalue weighted by Crippen LogP contribution is -2.71. The van der Waals surface area contributed by atoms with Crippen molar-refractivity contribution >= 4 is 51.7 Å². The van der Waals surface area contributed by atoms with E-state index in [-0.39, 0.29) is 22.2 Å². The van der Waals surface area contributed by atoms with Crippen LogP contribution < -0.4 is 11.1 Å². The fourth-order valence-corrected chi connectivity index (χ4v) is 5.05. The highest BCUT2D eigenvalue weighted by Gasteiger charge is 2.54. The molecule has 0 aliphatic carbocycles. The van der Waals surface area contributed by atoms with E-state index in [9.17, 15) is 19.5 Å². The summed E-state index contributed by atoms with van der Waals surface area (Å²) in [5.74, 6) is -1.94. The Morgan fingerprint density at radius 2 is 2.19 bits per heavy atom. The van der Waals surface area contributed by atoms with Gasteiger partial charge in [0, 0.05) is 11.1 Å². The highest BCUT2D eigenvalue weighted by atomic mass is 32.2. The van der Waals surface area contributed by atoms with Crippen LogP contribution in [0.2, 0.25) is 0 Å². The van der Waals surface area contributed by atoms with Crippen LogP contribution in [0.5, 0.6) is 0 Å². The maximum atomic E-state index is 12.8. The van der Waals surface area contributed by atoms with E-state index in [4.69, 9.17) is 10.6 Å². The molecule has 0 bridgehead atoms. The molecule has 2 aliphatic heterocycles. The van der Waals surface area contributed by atoms with Gasteiger partial charge in [-0.1, -0.05) is 11.2 Å². The van der Waals surface area contributed by atoms with Gasteiger partial charge in [0.05, 0.1) is 27.7 Å². The number of nitrogen functional groups attached to an aromatic ring is 1. The Morgan fingerprint density at radius 3 is 2.75 bits per heavy atom. The number of aliphatic carboxylic acids is 1. The largest absolute Gasteiger partial charge is 0.477 e. The Balaban J connectivity index is 1.78. The number of quaternary nitrogens is 1. The predicted octanol–water partition coefficient (Wildman–Crippen LogP) is 0.0768. The summed E-state index contributed by atoms with van der Waals surface area (Å²) in [7, 11) is 7.36. The summed E-state index contributed by atoms with van der Waals surface area (Å²) >= 11 is 2.52. The van der Waals surface area contributed by atoms with Crippen LogP contribution in [0, 0.1) is 0 Å². The molecular weight excluding hydrogens is 456 g/mol. The minimum atomic E-state index is -1.18. The predicted molar refractivity (Wildman–Crippen MR) is 122 cm³/mol. The number of thioether (sulfide) groups is 1. The molecule has 1 unspecified atom stereocenters. The number of hydrogen-bond acceptors (Lipinski definition) is 9. The average molecular weight is 482 g/mol. The van der Waals surface area contributed by atoms with E-state index in [0.29, 0.717) is 22.4 Å². The first-order valence-electron chi connectivity index (χ1n) is 9.55. The van der Waals surface area contributed by atoms with Crippen molar-refractivity contribution in [2.75, 3.05) is 46.3 Å². The maximum absolute atomic E-state index is 12.8. The monoisotopic (exact) mass is 481 g/mol. The van der Waals surface area contributed by atoms with Gasteiger partial charge < -0.3 is 25.5 Å². The number of nitrogens with two attached hydrogens (primary N) is 1. The summed E-state index contributed by atoms with van der Waals surface area (Å²) in [5.41, 5.74) is 6.23. The summed E-state index contributed by atoms with van der Waals surface area (Å²) in [6.07, 6.45) is 3.65. The van der Waals surface area contributed by atoms with Crippen molar-refractivity contribution in [2.45, 2.75) is 11.4 Å². The number of nitrogens with zero attached hydrogens (tertiary/aromatic N) is 4. The van der Waals surface area contributed by atoms with E-state index in [1.165, 1.54) is 23.8 Å². The Labute approximate surface area is 193 Å². The molecule has 3 rings (SSSR count). The fraction of sp³-hybridized carbons (Fsp3) is 0.421. The number of aromatic nitrogens is 1. The summed E-state index contributed by atoms with van der Waals surface area (Å²) in [5, 5.41) is 17.3. The number of carbonyl (C=O) groups is 3. The lowest BCUT2D eigenvalue weighted by atomic mass is 10.0. The van der Waals surface area contributed by atoms with Crippen LogP contribution in [-0.4, -0.2) is 94.9 Å². The molecule has 11 nitrogen and oxygen atoms in total. The van der Waals surface area contributed by atoms with E-state index in [1.54, 1.807) is 11.5 Å². The third kappa shape index (κ3) is 4.95. The number of fused-ring (bicyclic) bond motifs is 1. The fourth-order valence-electron chi connectivity index (χ4n) is 3.18. The number of nitrogens with one attached hydrogen (secondary N) is 1. The number of β-lactam (4-membered cyclic amide) rings is 1. The molecule has 2 amide bonds. The lowest BCUT2D eigenvalue weighted by molar-refractivity contribution is -0.864. The number of carboxylic acid groups (broad SMARTS) is 1. The second-order valence-electron chi connectivity index (χ2n) is 8.11. The molecule has 1 aromatic rings. The van der Waals surface area contributed by atoms with Gasteiger partial charge in [0.1, 0.15) is 29.9 Å². The summed E-state index contributed by atoms with van der Waals surface area (Å²) in [6.45, 7) is 0.708. The Bertz CT molecular complexity index is 1030. The van der Waals surface area contributed by atoms with Gasteiger partial charge in [-0.05, 0) is 11.6 Å². The van der Waals surface area contributed by atoms with Crippen molar-refractivity contribution in [2.24, 2.45) is 5.16 Å². The molecule has 1 fully saturated rings. The van der Waals surface area contributed by atoms with Gasteiger partial charge >= 0.3 is 5.97 Å². The van der Waals surface area contributed by atoms with Crippen molar-refractivity contribution in [3.8, 4) is 0 Å². The number of oxime groups is 1. The molecule has 0 spiro atoms. The summed E-state index contributed by atoms with van der Waals surface area (Å²) in [6, 6.07) is -0.892. The number of thiazole rings is 1. The Kier molecular flexibility index (Phi) is 6.91. The molecule has 2 aliphatic rings. The number of amides is 2. The minimum Gasteiger partial charge on any atom is -0.477 e. The van der Waals surface area contributed by atoms with E-state index in [0.717, 1.165) is 11.3 Å². The molecule has 1 saturated heterocycles. The molecule has 4 N–H and O–H groups in total. The molecule has 1 aromatic heterocycles. The smallest absolute Gasteiger partial charge is 0.352 e. The van der Waals surface area contributed by atoms with Gasteiger partial charge in [-0.25, -0.2) is 9.78 Å². The molecule has 0 saturated carbocycles. The standard InChI is InChI=1S/C19H24N6O5S2/c1-25(2,3)7-5-6-10-8-31-17-13(16(27)24(17)14(10)18(28)29)22-15(26)12(23-30-4)11-9-32-19(20)21-11/h5-6,9,13,17H,7-8H2,1-4H3,(H3-,20,21,22,26,28,29)/p+1/t13?,17-/m0/s1. The Morgan fingerprint density at radius 1 is 1.47 bits per heavy atom. The van der Waals surface area contributed by atoms with Crippen molar-refractivity contribution in [1.29, 1.82) is 0 Å². The molecule has 0 aromatic carbocycles. The maximum Gasteiger partial charge on any atom is 0.352 e. The van der Waals surface area contributed by atoms with Crippen LogP contribution >= 0.6 is 23.1 Å². The SMILES string of the molecule is CON=C(C(=O)NC1C(=O)N2C(C(=O)O)=C(C=CC[N+](C)(C)C)CS[C@@H]12)c1csc(N)n1. The van der Waals surface area contributed by atoms with Gasteiger partial charge in [0.15, 0.2) is 10.8 Å². The highest BCUT2D eigenvalue weighted by Crippen LogP contribution is 2.40. The van der Waals surface area contributed by atoms with Crippen molar-refractivity contribution in [3.63, 3.8) is 0 Å². The second kappa shape index (κ2) is 9.30. The number of allylic oxidation sites excluding steroid dienone is 1. The van der Waals surface area contributed by atoms with E-state index in [1.807, 2.05) is 27.2 Å². The van der Waals surface area contributed by atoms with Crippen molar-refractivity contribution < 1.29 is 28.8 Å². The third-order valence-corrected chi connectivity index (χ3v) is 6.60. The van der Waals surface area contributed by atoms with Gasteiger partial charge in [-0.15, -0.1) is 23.1 Å². The normalized spacial score (nSPS) is 21.4. The third-order valence-electron chi connectivity index (χ3n) is 4.62. The zero-order valence-corrected chi connectivity index (χ0v) is 19.7. The number of hydrogen-bond donors (Lipinski definition) is 3. The molecule has 32 heavy (non-hydrogen) atoms. The van der Waals surface area contributed by atoms with Gasteiger partial charge in [0.25, 0.3) is 11.8 Å². The quantitative estimate of drug-likeness (QED) is 0.205. The van der Waals surface area contributed by atoms with Crippen LogP contribution in [0.25, 0.3) is 0 Å². The van der Waals surface area contributed by atoms with Crippen LogP contribution in [0.4, 0.5) is 5.13 Å². The van der Waals surface area contributed by atoms with E-state index in [2.05, 4.69) is 15.5 Å². The van der Waals surface area contributed by atoms with E-state index >= 15 is 0 Å². The van der Waals surface area contributed by atoms with Crippen LogP contribution in [0.1, 0.15) is 5.69 Å². The van der Waals surface area contributed by atoms with Crippen LogP contribution in [0.3, 0.4) is 0 Å².